The van der Waals surface area contributed by atoms with Crippen molar-refractivity contribution < 1.29 is 4.79 Å². The summed E-state index contributed by atoms with van der Waals surface area (Å²) in [4.78, 5) is 20.3. The number of thiophene rings is 1. The van der Waals surface area contributed by atoms with Gasteiger partial charge in [0.15, 0.2) is 11.3 Å². The van der Waals surface area contributed by atoms with Crippen LogP contribution in [0, 0.1) is 6.92 Å². The molecule has 0 bridgehead atoms. The maximum absolute atomic E-state index is 13.1. The average molecular weight is 419 g/mol. The SMILES string of the molecule is Cc1ccc([C@@H]2N=c3ccccc3=C3C(=O)NC(SCc4ccccc4)=NN32)s1. The minimum atomic E-state index is -0.336. The predicted octanol–water partition coefficient (Wildman–Crippen LogP) is 3.13. The first-order valence-electron chi connectivity index (χ1n) is 9.28. The zero-order valence-electron chi connectivity index (χ0n) is 15.7. The van der Waals surface area contributed by atoms with Gasteiger partial charge < -0.3 is 0 Å². The van der Waals surface area contributed by atoms with Gasteiger partial charge in [0.2, 0.25) is 0 Å². The van der Waals surface area contributed by atoms with Gasteiger partial charge in [-0.3, -0.25) is 15.1 Å². The van der Waals surface area contributed by atoms with Crippen molar-refractivity contribution >= 4 is 39.9 Å². The van der Waals surface area contributed by atoms with Crippen molar-refractivity contribution in [2.45, 2.75) is 18.8 Å². The Morgan fingerprint density at radius 3 is 2.66 bits per heavy atom. The van der Waals surface area contributed by atoms with E-state index >= 15 is 0 Å². The molecule has 144 valence electrons. The number of carbonyl (C=O) groups excluding carboxylic acids is 1. The highest BCUT2D eigenvalue weighted by Gasteiger charge is 2.34. The molecule has 2 aliphatic heterocycles. The summed E-state index contributed by atoms with van der Waals surface area (Å²) in [6.45, 7) is 2.07. The van der Waals surface area contributed by atoms with Gasteiger partial charge in [0.05, 0.1) is 10.2 Å². The standard InChI is InChI=1S/C22H18N4OS2/c1-14-11-12-18(29-14)20-23-17-10-6-5-9-16(17)19-21(27)24-22(25-26(19)20)28-13-15-7-3-2-4-8-15/h2-12,20H,13H2,1H3,(H,24,25,27)/t20-/m1/s1. The zero-order chi connectivity index (χ0) is 19.8. The molecular formula is C22H18N4OS2. The lowest BCUT2D eigenvalue weighted by Crippen LogP contribution is -2.50. The molecule has 0 spiro atoms. The molecule has 0 radical (unpaired) electrons. The first kappa shape index (κ1) is 18.1. The number of hydrogen-bond acceptors (Lipinski definition) is 6. The van der Waals surface area contributed by atoms with Gasteiger partial charge in [-0.15, -0.1) is 16.4 Å². The lowest BCUT2D eigenvalue weighted by Gasteiger charge is -2.33. The third-order valence-electron chi connectivity index (χ3n) is 4.75. The molecule has 2 aromatic carbocycles. The summed E-state index contributed by atoms with van der Waals surface area (Å²) in [6.07, 6.45) is -0.336. The van der Waals surface area contributed by atoms with Crippen molar-refractivity contribution in [3.8, 4) is 0 Å². The van der Waals surface area contributed by atoms with E-state index in [0.29, 0.717) is 10.9 Å². The Morgan fingerprint density at radius 1 is 1.07 bits per heavy atom. The van der Waals surface area contributed by atoms with Crippen LogP contribution < -0.4 is 15.9 Å². The van der Waals surface area contributed by atoms with Crippen LogP contribution in [0.4, 0.5) is 0 Å². The van der Waals surface area contributed by atoms with Crippen LogP contribution in [0.15, 0.2) is 76.8 Å². The highest BCUT2D eigenvalue weighted by Crippen LogP contribution is 2.34. The summed E-state index contributed by atoms with van der Waals surface area (Å²) >= 11 is 3.20. The Hall–Kier alpha value is -2.90. The molecule has 3 aromatic rings. The number of thioether (sulfide) groups is 1. The van der Waals surface area contributed by atoms with E-state index in [-0.39, 0.29) is 12.1 Å². The van der Waals surface area contributed by atoms with Crippen LogP contribution in [0.2, 0.25) is 0 Å². The third-order valence-corrected chi connectivity index (χ3v) is 6.72. The van der Waals surface area contributed by atoms with Gasteiger partial charge in [-0.25, -0.2) is 5.01 Å². The lowest BCUT2D eigenvalue weighted by atomic mass is 10.1. The number of nitrogens with zero attached hydrogens (tertiary/aromatic N) is 3. The van der Waals surface area contributed by atoms with Crippen molar-refractivity contribution in [1.29, 1.82) is 0 Å². The van der Waals surface area contributed by atoms with Crippen molar-refractivity contribution in [3.63, 3.8) is 0 Å². The van der Waals surface area contributed by atoms with Crippen LogP contribution in [0.5, 0.6) is 0 Å². The highest BCUT2D eigenvalue weighted by atomic mass is 32.2. The van der Waals surface area contributed by atoms with Crippen LogP contribution in [0.3, 0.4) is 0 Å². The van der Waals surface area contributed by atoms with Crippen molar-refractivity contribution in [2.75, 3.05) is 0 Å². The van der Waals surface area contributed by atoms with Crippen LogP contribution in [0.25, 0.3) is 5.70 Å². The molecule has 0 saturated heterocycles. The summed E-state index contributed by atoms with van der Waals surface area (Å²) in [5.41, 5.74) is 1.74. The zero-order valence-corrected chi connectivity index (χ0v) is 17.3. The second-order valence-electron chi connectivity index (χ2n) is 6.80. The van der Waals surface area contributed by atoms with Crippen molar-refractivity contribution in [1.82, 2.24) is 10.3 Å². The molecule has 5 rings (SSSR count). The Balaban J connectivity index is 1.57. The van der Waals surface area contributed by atoms with E-state index in [1.54, 1.807) is 16.3 Å². The van der Waals surface area contributed by atoms with Gasteiger partial charge in [0.25, 0.3) is 5.91 Å². The van der Waals surface area contributed by atoms with Crippen molar-refractivity contribution in [3.05, 3.63) is 92.6 Å². The van der Waals surface area contributed by atoms with E-state index in [1.807, 2.05) is 42.5 Å². The second-order valence-corrected chi connectivity index (χ2v) is 9.08. The molecule has 0 aliphatic carbocycles. The fourth-order valence-electron chi connectivity index (χ4n) is 3.40. The summed E-state index contributed by atoms with van der Waals surface area (Å²) in [5, 5.41) is 11.8. The minimum absolute atomic E-state index is 0.142. The Labute approximate surface area is 176 Å². The average Bonchev–Trinajstić information content (AvgIpc) is 3.18. The van der Waals surface area contributed by atoms with Crippen molar-refractivity contribution in [2.24, 2.45) is 10.1 Å². The quantitative estimate of drug-likeness (QED) is 0.711. The second kappa shape index (κ2) is 7.50. The van der Waals surface area contributed by atoms with Gasteiger partial charge in [0.1, 0.15) is 5.70 Å². The molecule has 5 nitrogen and oxygen atoms in total. The molecule has 0 saturated carbocycles. The van der Waals surface area contributed by atoms with Crippen LogP contribution in [-0.2, 0) is 10.5 Å². The Bertz CT molecular complexity index is 1230. The number of fused-ring (bicyclic) bond motifs is 2. The number of amidine groups is 1. The summed E-state index contributed by atoms with van der Waals surface area (Å²) in [6, 6.07) is 22.0. The van der Waals surface area contributed by atoms with E-state index in [0.717, 1.165) is 21.2 Å². The first-order valence-corrected chi connectivity index (χ1v) is 11.1. The molecule has 29 heavy (non-hydrogen) atoms. The normalized spacial score (nSPS) is 17.8. The number of amides is 1. The van der Waals surface area contributed by atoms with E-state index in [1.165, 1.54) is 22.2 Å². The van der Waals surface area contributed by atoms with E-state index < -0.39 is 0 Å². The van der Waals surface area contributed by atoms with Gasteiger partial charge in [0, 0.05) is 15.8 Å². The molecule has 2 aliphatic rings. The maximum atomic E-state index is 13.1. The highest BCUT2D eigenvalue weighted by molar-refractivity contribution is 8.13. The number of hydrogen-bond donors (Lipinski definition) is 1. The molecule has 0 unspecified atom stereocenters. The Morgan fingerprint density at radius 2 is 1.86 bits per heavy atom. The molecule has 1 amide bonds. The number of carbonyl (C=O) groups is 1. The predicted molar refractivity (Wildman–Crippen MR) is 118 cm³/mol. The molecule has 1 N–H and O–H groups in total. The lowest BCUT2D eigenvalue weighted by molar-refractivity contribution is -0.116. The molecule has 1 atom stereocenters. The third kappa shape index (κ3) is 3.47. The fraction of sp³-hybridized carbons (Fsp3) is 0.136. The van der Waals surface area contributed by atoms with E-state index in [2.05, 4.69) is 36.5 Å². The minimum Gasteiger partial charge on any atom is -0.298 e. The number of benzene rings is 2. The van der Waals surface area contributed by atoms with Crippen LogP contribution >= 0.6 is 23.1 Å². The number of hydrazone groups is 1. The molecular weight excluding hydrogens is 400 g/mol. The van der Waals surface area contributed by atoms with Crippen LogP contribution in [0.1, 0.15) is 21.5 Å². The number of para-hydroxylation sites is 1. The van der Waals surface area contributed by atoms with E-state index in [4.69, 9.17) is 10.1 Å². The summed E-state index contributed by atoms with van der Waals surface area (Å²) < 4.78 is 0. The van der Waals surface area contributed by atoms with Gasteiger partial charge in [-0.05, 0) is 30.7 Å². The number of rotatable bonds is 3. The largest absolute Gasteiger partial charge is 0.298 e. The summed E-state index contributed by atoms with van der Waals surface area (Å²) in [5.74, 6) is 0.593. The topological polar surface area (TPSA) is 57.1 Å². The number of aryl methyl sites for hydroxylation is 1. The molecule has 3 heterocycles. The monoisotopic (exact) mass is 418 g/mol. The van der Waals surface area contributed by atoms with Gasteiger partial charge in [-0.1, -0.05) is 60.3 Å². The molecule has 1 aromatic heterocycles. The smallest absolute Gasteiger partial charge is 0.276 e. The Kier molecular flexibility index (Phi) is 4.69. The van der Waals surface area contributed by atoms with Gasteiger partial charge in [-0.2, -0.15) is 0 Å². The first-order chi connectivity index (χ1) is 14.2. The van der Waals surface area contributed by atoms with Crippen LogP contribution in [-0.4, -0.2) is 16.1 Å². The molecule has 0 fully saturated rings. The summed E-state index contributed by atoms with van der Waals surface area (Å²) in [7, 11) is 0. The van der Waals surface area contributed by atoms with Gasteiger partial charge >= 0.3 is 0 Å². The maximum Gasteiger partial charge on any atom is 0.276 e. The van der Waals surface area contributed by atoms with E-state index in [9.17, 15) is 4.79 Å². The number of nitrogens with one attached hydrogen (secondary N) is 1. The fourth-order valence-corrected chi connectivity index (χ4v) is 5.10. The molecule has 7 heteroatoms.